The molecule has 2 nitrogen and oxygen atoms in total. The topological polar surface area (TPSA) is 35.8 Å². The van der Waals surface area contributed by atoms with Crippen molar-refractivity contribution in [3.05, 3.63) is 29.3 Å². The monoisotopic (exact) mass is 238 g/mol. The lowest BCUT2D eigenvalue weighted by atomic mass is 9.98. The minimum Gasteiger partial charge on any atom is -0.375 e. The molecule has 0 amide bonds. The van der Waals surface area contributed by atoms with E-state index in [0.29, 0.717) is 0 Å². The van der Waals surface area contributed by atoms with E-state index in [9.17, 15) is 8.78 Å². The number of hydrogen-bond acceptors (Lipinski definition) is 2. The Hall–Kier alpha value is -1.63. The van der Waals surface area contributed by atoms with Crippen LogP contribution in [0.4, 0.5) is 14.5 Å². The van der Waals surface area contributed by atoms with Crippen LogP contribution in [-0.2, 0) is 0 Å². The van der Waals surface area contributed by atoms with Crippen LogP contribution in [0.25, 0.3) is 0 Å². The minimum absolute atomic E-state index is 0.0150. The van der Waals surface area contributed by atoms with Crippen molar-refractivity contribution in [1.29, 1.82) is 5.26 Å². The molecule has 0 radical (unpaired) electrons. The largest absolute Gasteiger partial charge is 0.375 e. The first-order chi connectivity index (χ1) is 7.89. The summed E-state index contributed by atoms with van der Waals surface area (Å²) in [5.74, 6) is -1.46. The van der Waals surface area contributed by atoms with E-state index in [4.69, 9.17) is 5.26 Å². The van der Waals surface area contributed by atoms with Gasteiger partial charge >= 0.3 is 0 Å². The Morgan fingerprint density at radius 3 is 2.24 bits per heavy atom. The third-order valence-electron chi connectivity index (χ3n) is 2.51. The van der Waals surface area contributed by atoms with Crippen molar-refractivity contribution >= 4 is 5.69 Å². The molecule has 0 aromatic heterocycles. The van der Waals surface area contributed by atoms with E-state index >= 15 is 0 Å². The summed E-state index contributed by atoms with van der Waals surface area (Å²) in [5, 5.41) is 11.4. The van der Waals surface area contributed by atoms with Gasteiger partial charge in [-0.25, -0.2) is 8.78 Å². The predicted octanol–water partition coefficient (Wildman–Crippen LogP) is 3.83. The molecule has 0 aliphatic carbocycles. The van der Waals surface area contributed by atoms with E-state index < -0.39 is 11.6 Å². The zero-order valence-electron chi connectivity index (χ0n) is 10.3. The molecule has 0 bridgehead atoms. The van der Waals surface area contributed by atoms with Gasteiger partial charge in [0.2, 0.25) is 0 Å². The highest BCUT2D eigenvalue weighted by molar-refractivity contribution is 5.51. The van der Waals surface area contributed by atoms with Gasteiger partial charge in [-0.2, -0.15) is 5.26 Å². The first-order valence-corrected chi connectivity index (χ1v) is 5.57. The number of nitriles is 1. The van der Waals surface area contributed by atoms with Gasteiger partial charge in [-0.3, -0.25) is 0 Å². The normalized spacial score (nSPS) is 11.1. The molecule has 0 fully saturated rings. The number of benzene rings is 1. The third-order valence-corrected chi connectivity index (χ3v) is 2.51. The van der Waals surface area contributed by atoms with Gasteiger partial charge in [-0.15, -0.1) is 0 Å². The Labute approximate surface area is 100 Å². The highest BCUT2D eigenvalue weighted by Gasteiger charge is 2.20. The van der Waals surface area contributed by atoms with Gasteiger partial charge in [0.05, 0.1) is 11.6 Å². The highest BCUT2D eigenvalue weighted by atomic mass is 19.1. The van der Waals surface area contributed by atoms with Crippen molar-refractivity contribution in [2.45, 2.75) is 39.2 Å². The molecule has 1 N–H and O–H groups in total. The zero-order valence-corrected chi connectivity index (χ0v) is 10.3. The van der Waals surface area contributed by atoms with Crippen molar-refractivity contribution < 1.29 is 8.78 Å². The number of rotatable bonds is 4. The van der Waals surface area contributed by atoms with Crippen molar-refractivity contribution in [2.75, 3.05) is 5.32 Å². The summed E-state index contributed by atoms with van der Waals surface area (Å²) in [4.78, 5) is 0. The average molecular weight is 238 g/mol. The molecular formula is C13H16F2N2. The molecule has 1 aromatic carbocycles. The molecule has 0 unspecified atom stereocenters. The quantitative estimate of drug-likeness (QED) is 0.865. The third kappa shape index (κ3) is 3.42. The van der Waals surface area contributed by atoms with E-state index in [1.54, 1.807) is 6.07 Å². The smallest absolute Gasteiger partial charge is 0.150 e. The molecule has 0 spiro atoms. The average Bonchev–Trinajstić information content (AvgIpc) is 2.23. The van der Waals surface area contributed by atoms with Gasteiger partial charge in [-0.1, -0.05) is 13.3 Å². The highest BCUT2D eigenvalue weighted by Crippen LogP contribution is 2.26. The Balaban J connectivity index is 3.04. The number of nitrogens with one attached hydrogen (secondary N) is 1. The number of halogens is 2. The fraction of sp³-hybridized carbons (Fsp3) is 0.462. The van der Waals surface area contributed by atoms with E-state index in [-0.39, 0.29) is 16.8 Å². The molecule has 4 heteroatoms. The Kier molecular flexibility index (Phi) is 4.06. The van der Waals surface area contributed by atoms with Crippen LogP contribution in [0.2, 0.25) is 0 Å². The molecule has 0 saturated carbocycles. The SMILES string of the molecule is CCCC(C)(C)Nc1c(F)cc(C#N)cc1F. The van der Waals surface area contributed by atoms with Crippen LogP contribution in [0, 0.1) is 23.0 Å². The van der Waals surface area contributed by atoms with Gasteiger partial charge in [0.25, 0.3) is 0 Å². The first kappa shape index (κ1) is 13.4. The Morgan fingerprint density at radius 1 is 1.29 bits per heavy atom. The molecular weight excluding hydrogens is 222 g/mol. The molecule has 0 aliphatic heterocycles. The number of hydrogen-bond donors (Lipinski definition) is 1. The maximum Gasteiger partial charge on any atom is 0.150 e. The van der Waals surface area contributed by atoms with Gasteiger partial charge in [0.15, 0.2) is 11.6 Å². The number of nitrogens with zero attached hydrogens (tertiary/aromatic N) is 1. The summed E-state index contributed by atoms with van der Waals surface area (Å²) in [7, 11) is 0. The second kappa shape index (κ2) is 5.13. The summed E-state index contributed by atoms with van der Waals surface area (Å²) in [6.07, 6.45) is 1.71. The summed E-state index contributed by atoms with van der Waals surface area (Å²) in [6.45, 7) is 5.77. The summed E-state index contributed by atoms with van der Waals surface area (Å²) in [5.41, 5.74) is -0.564. The lowest BCUT2D eigenvalue weighted by Gasteiger charge is -2.27. The molecule has 17 heavy (non-hydrogen) atoms. The van der Waals surface area contributed by atoms with Gasteiger partial charge < -0.3 is 5.32 Å². The maximum absolute atomic E-state index is 13.6. The summed E-state index contributed by atoms with van der Waals surface area (Å²) >= 11 is 0. The molecule has 0 atom stereocenters. The van der Waals surface area contributed by atoms with Crippen LogP contribution in [0.5, 0.6) is 0 Å². The van der Waals surface area contributed by atoms with Crippen LogP contribution in [-0.4, -0.2) is 5.54 Å². The molecule has 0 saturated heterocycles. The molecule has 1 rings (SSSR count). The van der Waals surface area contributed by atoms with Gasteiger partial charge in [-0.05, 0) is 32.4 Å². The fourth-order valence-electron chi connectivity index (χ4n) is 1.78. The van der Waals surface area contributed by atoms with E-state index in [2.05, 4.69) is 5.32 Å². The Bertz CT molecular complexity index is 424. The van der Waals surface area contributed by atoms with E-state index in [1.165, 1.54) is 0 Å². The van der Waals surface area contributed by atoms with Crippen molar-refractivity contribution in [3.8, 4) is 6.07 Å². The molecule has 0 aliphatic rings. The van der Waals surface area contributed by atoms with Crippen LogP contribution in [0.1, 0.15) is 39.2 Å². The van der Waals surface area contributed by atoms with Crippen LogP contribution in [0.15, 0.2) is 12.1 Å². The zero-order chi connectivity index (χ0) is 13.1. The standard InChI is InChI=1S/C13H16F2N2/c1-4-5-13(2,3)17-12-10(14)6-9(8-16)7-11(12)15/h6-7,17H,4-5H2,1-3H3. The lowest BCUT2D eigenvalue weighted by molar-refractivity contribution is 0.496. The van der Waals surface area contributed by atoms with Crippen molar-refractivity contribution in [2.24, 2.45) is 0 Å². The lowest BCUT2D eigenvalue weighted by Crippen LogP contribution is -2.31. The summed E-state index contributed by atoms with van der Waals surface area (Å²) in [6, 6.07) is 3.79. The van der Waals surface area contributed by atoms with Gasteiger partial charge in [0, 0.05) is 5.54 Å². The fourth-order valence-corrected chi connectivity index (χ4v) is 1.78. The van der Waals surface area contributed by atoms with Crippen molar-refractivity contribution in [3.63, 3.8) is 0 Å². The maximum atomic E-state index is 13.6. The Morgan fingerprint density at radius 2 is 1.82 bits per heavy atom. The van der Waals surface area contributed by atoms with Crippen LogP contribution >= 0.6 is 0 Å². The number of anilines is 1. The molecule has 0 heterocycles. The molecule has 92 valence electrons. The minimum atomic E-state index is -0.731. The molecule has 1 aromatic rings. The summed E-state index contributed by atoms with van der Waals surface area (Å²) < 4.78 is 27.2. The van der Waals surface area contributed by atoms with Crippen LogP contribution < -0.4 is 5.32 Å². The van der Waals surface area contributed by atoms with E-state index in [0.717, 1.165) is 25.0 Å². The second-order valence-corrected chi connectivity index (χ2v) is 4.69. The van der Waals surface area contributed by atoms with E-state index in [1.807, 2.05) is 20.8 Å². The second-order valence-electron chi connectivity index (χ2n) is 4.69. The predicted molar refractivity (Wildman–Crippen MR) is 63.7 cm³/mol. The first-order valence-electron chi connectivity index (χ1n) is 5.57. The van der Waals surface area contributed by atoms with Crippen molar-refractivity contribution in [1.82, 2.24) is 0 Å². The van der Waals surface area contributed by atoms with Crippen LogP contribution in [0.3, 0.4) is 0 Å². The van der Waals surface area contributed by atoms with Gasteiger partial charge in [0.1, 0.15) is 5.69 Å².